The second kappa shape index (κ2) is 6.33. The third-order valence-electron chi connectivity index (χ3n) is 3.35. The van der Waals surface area contributed by atoms with Gasteiger partial charge in [-0.3, -0.25) is 4.79 Å². The average molecular weight is 309 g/mol. The topological polar surface area (TPSA) is 42.9 Å². The van der Waals surface area contributed by atoms with E-state index in [0.29, 0.717) is 10.3 Å². The molecule has 0 fully saturated rings. The minimum absolute atomic E-state index is 0.109. The number of halogens is 2. The Hall–Kier alpha value is -1.45. The summed E-state index contributed by atoms with van der Waals surface area (Å²) in [4.78, 5) is 20.5. The monoisotopic (exact) mass is 308 g/mol. The van der Waals surface area contributed by atoms with E-state index in [1.807, 2.05) is 26.0 Å². The number of pyridine rings is 2. The van der Waals surface area contributed by atoms with Crippen molar-refractivity contribution in [3.8, 4) is 0 Å². The lowest BCUT2D eigenvalue weighted by Gasteiger charge is -2.16. The molecule has 2 unspecified atom stereocenters. The molecule has 0 aromatic carbocycles. The van der Waals surface area contributed by atoms with Crippen molar-refractivity contribution in [2.24, 2.45) is 0 Å². The number of aromatic nitrogens is 2. The Balaban J connectivity index is 2.17. The normalized spacial score (nSPS) is 13.8. The fraction of sp³-hybridized carbons (Fsp3) is 0.267. The van der Waals surface area contributed by atoms with Crippen molar-refractivity contribution in [2.75, 3.05) is 0 Å². The molecule has 0 N–H and O–H groups in total. The molecule has 2 atom stereocenters. The number of carbonyl (C=O) groups excluding carboxylic acids is 1. The van der Waals surface area contributed by atoms with Gasteiger partial charge < -0.3 is 0 Å². The summed E-state index contributed by atoms with van der Waals surface area (Å²) in [5, 5.41) is 0.840. The molecule has 0 aliphatic carbocycles. The van der Waals surface area contributed by atoms with Crippen molar-refractivity contribution in [3.05, 3.63) is 58.1 Å². The summed E-state index contributed by atoms with van der Waals surface area (Å²) in [7, 11) is 0. The highest BCUT2D eigenvalue weighted by Gasteiger charge is 2.23. The van der Waals surface area contributed by atoms with E-state index in [2.05, 4.69) is 9.97 Å². The summed E-state index contributed by atoms with van der Waals surface area (Å²) in [6.07, 6.45) is 3.27. The van der Waals surface area contributed by atoms with E-state index in [0.717, 1.165) is 11.1 Å². The zero-order chi connectivity index (χ0) is 14.7. The number of Topliss-reactive ketones (excluding diaryl/α,β-unsaturated/α-hetero) is 1. The summed E-state index contributed by atoms with van der Waals surface area (Å²) in [6, 6.07) is 7.03. The molecule has 2 aromatic heterocycles. The lowest BCUT2D eigenvalue weighted by atomic mass is 9.87. The molecular weight excluding hydrogens is 295 g/mol. The first-order valence-electron chi connectivity index (χ1n) is 6.25. The SMILES string of the molecule is CC(C(=O)C(C)c1ccc(Cl)nc1)c1ccc(Cl)nc1. The second-order valence-corrected chi connectivity index (χ2v) is 5.45. The average Bonchev–Trinajstić information content (AvgIpc) is 2.46. The van der Waals surface area contributed by atoms with Gasteiger partial charge in [-0.2, -0.15) is 0 Å². The Kier molecular flexibility index (Phi) is 4.73. The van der Waals surface area contributed by atoms with Gasteiger partial charge in [0, 0.05) is 24.2 Å². The quantitative estimate of drug-likeness (QED) is 0.793. The van der Waals surface area contributed by atoms with Gasteiger partial charge in [-0.15, -0.1) is 0 Å². The van der Waals surface area contributed by atoms with Gasteiger partial charge >= 0.3 is 0 Å². The second-order valence-electron chi connectivity index (χ2n) is 4.67. The van der Waals surface area contributed by atoms with Gasteiger partial charge in [-0.05, 0) is 23.3 Å². The van der Waals surface area contributed by atoms with Gasteiger partial charge in [-0.25, -0.2) is 9.97 Å². The molecule has 0 amide bonds. The molecule has 0 saturated heterocycles. The lowest BCUT2D eigenvalue weighted by Crippen LogP contribution is -2.16. The molecular formula is C15H14Cl2N2O. The van der Waals surface area contributed by atoms with E-state index in [-0.39, 0.29) is 17.6 Å². The Labute approximate surface area is 128 Å². The number of hydrogen-bond acceptors (Lipinski definition) is 3. The standard InChI is InChI=1S/C15H14Cl2N2O/c1-9(11-3-5-13(16)18-7-11)15(20)10(2)12-4-6-14(17)19-8-12/h3-10H,1-2H3. The highest BCUT2D eigenvalue weighted by Crippen LogP contribution is 2.26. The van der Waals surface area contributed by atoms with Crippen LogP contribution in [0, 0.1) is 0 Å². The molecule has 5 heteroatoms. The highest BCUT2D eigenvalue weighted by atomic mass is 35.5. The molecule has 20 heavy (non-hydrogen) atoms. The minimum Gasteiger partial charge on any atom is -0.298 e. The van der Waals surface area contributed by atoms with E-state index < -0.39 is 0 Å². The minimum atomic E-state index is -0.245. The smallest absolute Gasteiger partial charge is 0.147 e. The molecule has 3 nitrogen and oxygen atoms in total. The van der Waals surface area contributed by atoms with Crippen molar-refractivity contribution >= 4 is 29.0 Å². The maximum atomic E-state index is 12.5. The molecule has 2 rings (SSSR count). The largest absolute Gasteiger partial charge is 0.298 e. The van der Waals surface area contributed by atoms with E-state index in [1.54, 1.807) is 24.5 Å². The number of nitrogens with zero attached hydrogens (tertiary/aromatic N) is 2. The Morgan fingerprint density at radius 2 is 1.30 bits per heavy atom. The van der Waals surface area contributed by atoms with Crippen LogP contribution >= 0.6 is 23.2 Å². The van der Waals surface area contributed by atoms with Gasteiger partial charge in [0.2, 0.25) is 0 Å². The summed E-state index contributed by atoms with van der Waals surface area (Å²) in [5.74, 6) is -0.380. The van der Waals surface area contributed by atoms with Gasteiger partial charge in [0.25, 0.3) is 0 Å². The van der Waals surface area contributed by atoms with Crippen LogP contribution in [0.25, 0.3) is 0 Å². The summed E-state index contributed by atoms with van der Waals surface area (Å²) in [5.41, 5.74) is 1.71. The third kappa shape index (κ3) is 3.35. The van der Waals surface area contributed by atoms with Crippen LogP contribution in [0.3, 0.4) is 0 Å². The maximum absolute atomic E-state index is 12.5. The molecule has 0 aliphatic rings. The molecule has 104 valence electrons. The van der Waals surface area contributed by atoms with Gasteiger partial charge in [0.1, 0.15) is 16.1 Å². The van der Waals surface area contributed by atoms with Crippen LogP contribution in [-0.4, -0.2) is 15.8 Å². The molecule has 2 heterocycles. The molecule has 0 spiro atoms. The summed E-state index contributed by atoms with van der Waals surface area (Å²) >= 11 is 11.5. The van der Waals surface area contributed by atoms with Crippen molar-refractivity contribution < 1.29 is 4.79 Å². The van der Waals surface area contributed by atoms with Gasteiger partial charge in [0.15, 0.2) is 0 Å². The predicted molar refractivity (Wildman–Crippen MR) is 80.3 cm³/mol. The first-order valence-corrected chi connectivity index (χ1v) is 7.01. The maximum Gasteiger partial charge on any atom is 0.147 e. The summed E-state index contributed by atoms with van der Waals surface area (Å²) < 4.78 is 0. The Bertz CT molecular complexity index is 543. The molecule has 0 radical (unpaired) electrons. The van der Waals surface area contributed by atoms with E-state index in [1.165, 1.54) is 0 Å². The van der Waals surface area contributed by atoms with Gasteiger partial charge in [0.05, 0.1) is 0 Å². The molecule has 0 aliphatic heterocycles. The van der Waals surface area contributed by atoms with Crippen LogP contribution in [-0.2, 0) is 4.79 Å². The van der Waals surface area contributed by atoms with Crippen LogP contribution in [0.5, 0.6) is 0 Å². The molecule has 0 bridgehead atoms. The van der Waals surface area contributed by atoms with Crippen LogP contribution in [0.4, 0.5) is 0 Å². The van der Waals surface area contributed by atoms with E-state index >= 15 is 0 Å². The molecule has 2 aromatic rings. The third-order valence-corrected chi connectivity index (χ3v) is 3.80. The van der Waals surface area contributed by atoms with Crippen molar-refractivity contribution in [2.45, 2.75) is 25.7 Å². The summed E-state index contributed by atoms with van der Waals surface area (Å²) in [6.45, 7) is 3.74. The number of rotatable bonds is 4. The number of hydrogen-bond donors (Lipinski definition) is 0. The number of carbonyl (C=O) groups is 1. The van der Waals surface area contributed by atoms with E-state index in [9.17, 15) is 4.79 Å². The molecule has 0 saturated carbocycles. The van der Waals surface area contributed by atoms with Crippen LogP contribution in [0.2, 0.25) is 10.3 Å². The fourth-order valence-corrected chi connectivity index (χ4v) is 2.21. The Morgan fingerprint density at radius 3 is 1.60 bits per heavy atom. The highest BCUT2D eigenvalue weighted by molar-refractivity contribution is 6.29. The predicted octanol–water partition coefficient (Wildman–Crippen LogP) is 4.26. The Morgan fingerprint density at radius 1 is 0.900 bits per heavy atom. The van der Waals surface area contributed by atoms with E-state index in [4.69, 9.17) is 23.2 Å². The first-order chi connectivity index (χ1) is 9.49. The van der Waals surface area contributed by atoms with Crippen molar-refractivity contribution in [1.82, 2.24) is 9.97 Å². The fourth-order valence-electron chi connectivity index (χ4n) is 1.99. The van der Waals surface area contributed by atoms with Crippen LogP contribution in [0.15, 0.2) is 36.7 Å². The lowest BCUT2D eigenvalue weighted by molar-refractivity contribution is -0.121. The van der Waals surface area contributed by atoms with Crippen LogP contribution < -0.4 is 0 Å². The first kappa shape index (κ1) is 14.9. The zero-order valence-electron chi connectivity index (χ0n) is 11.2. The van der Waals surface area contributed by atoms with Crippen LogP contribution in [0.1, 0.15) is 36.8 Å². The van der Waals surface area contributed by atoms with Crippen molar-refractivity contribution in [3.63, 3.8) is 0 Å². The van der Waals surface area contributed by atoms with Crippen molar-refractivity contribution in [1.29, 1.82) is 0 Å². The van der Waals surface area contributed by atoms with Gasteiger partial charge in [-0.1, -0.05) is 49.2 Å². The number of ketones is 1. The zero-order valence-corrected chi connectivity index (χ0v) is 12.7.